The average molecular weight is 600 g/mol. The molecule has 0 spiro atoms. The SMILES string of the molecule is CC(C)(C)C[C@@H]1N(C(N)=O)[C@@H](C(=O)OCc2ccc(F)c(F)c2)[C@H](c2cccc(Cl)c2)[C@@]1(C#N)c1ccc(Cl)cc1. The van der Waals surface area contributed by atoms with E-state index in [0.29, 0.717) is 27.6 Å². The van der Waals surface area contributed by atoms with Crippen LogP contribution >= 0.6 is 23.2 Å². The Balaban J connectivity index is 1.94. The Morgan fingerprint density at radius 3 is 2.27 bits per heavy atom. The van der Waals surface area contributed by atoms with Gasteiger partial charge < -0.3 is 15.4 Å². The largest absolute Gasteiger partial charge is 0.459 e. The summed E-state index contributed by atoms with van der Waals surface area (Å²) in [7, 11) is 0. The summed E-state index contributed by atoms with van der Waals surface area (Å²) in [5.41, 5.74) is 5.33. The van der Waals surface area contributed by atoms with Gasteiger partial charge in [-0.25, -0.2) is 18.4 Å². The number of nitrogens with zero attached hydrogens (tertiary/aromatic N) is 2. The Morgan fingerprint density at radius 1 is 1.02 bits per heavy atom. The number of benzene rings is 3. The van der Waals surface area contributed by atoms with E-state index >= 15 is 0 Å². The predicted molar refractivity (Wildman–Crippen MR) is 152 cm³/mol. The van der Waals surface area contributed by atoms with Gasteiger partial charge in [-0.15, -0.1) is 0 Å². The Bertz CT molecular complexity index is 1500. The van der Waals surface area contributed by atoms with E-state index < -0.39 is 59.1 Å². The predicted octanol–water partition coefficient (Wildman–Crippen LogP) is 7.13. The van der Waals surface area contributed by atoms with Crippen molar-refractivity contribution in [3.63, 3.8) is 0 Å². The van der Waals surface area contributed by atoms with Gasteiger partial charge in [0.05, 0.1) is 12.1 Å². The lowest BCUT2D eigenvalue weighted by Gasteiger charge is -2.38. The van der Waals surface area contributed by atoms with E-state index in [2.05, 4.69) is 6.07 Å². The van der Waals surface area contributed by atoms with Crippen LogP contribution in [-0.2, 0) is 21.6 Å². The Kier molecular flexibility index (Phi) is 8.62. The molecule has 6 nitrogen and oxygen atoms in total. The molecule has 1 heterocycles. The second kappa shape index (κ2) is 11.7. The second-order valence-electron chi connectivity index (χ2n) is 11.3. The summed E-state index contributed by atoms with van der Waals surface area (Å²) < 4.78 is 32.9. The van der Waals surface area contributed by atoms with Crippen molar-refractivity contribution in [1.29, 1.82) is 5.26 Å². The molecule has 4 atom stereocenters. The molecular formula is C31H29Cl2F2N3O3. The van der Waals surface area contributed by atoms with E-state index in [1.807, 2.05) is 20.8 Å². The van der Waals surface area contributed by atoms with Crippen molar-refractivity contribution in [1.82, 2.24) is 4.90 Å². The maximum absolute atomic E-state index is 14.0. The lowest BCUT2D eigenvalue weighted by atomic mass is 9.63. The van der Waals surface area contributed by atoms with E-state index in [9.17, 15) is 23.6 Å². The number of rotatable bonds is 6. The van der Waals surface area contributed by atoms with Gasteiger partial charge >= 0.3 is 12.0 Å². The fourth-order valence-electron chi connectivity index (χ4n) is 5.73. The van der Waals surface area contributed by atoms with Crippen molar-refractivity contribution in [2.75, 3.05) is 0 Å². The first-order valence-electron chi connectivity index (χ1n) is 12.9. The number of primary amides is 1. The average Bonchev–Trinajstić information content (AvgIpc) is 3.19. The number of hydrogen-bond acceptors (Lipinski definition) is 4. The van der Waals surface area contributed by atoms with Crippen molar-refractivity contribution in [3.05, 3.63) is 105 Å². The summed E-state index contributed by atoms with van der Waals surface area (Å²) in [6, 6.07) is 15.9. The first-order chi connectivity index (χ1) is 19.3. The number of hydrogen-bond donors (Lipinski definition) is 1. The van der Waals surface area contributed by atoms with Crippen LogP contribution in [0.25, 0.3) is 0 Å². The molecule has 1 saturated heterocycles. The topological polar surface area (TPSA) is 96.4 Å². The number of nitrogens with two attached hydrogens (primary N) is 1. The fourth-order valence-corrected chi connectivity index (χ4v) is 6.06. The third kappa shape index (κ3) is 6.02. The van der Waals surface area contributed by atoms with Crippen molar-refractivity contribution in [3.8, 4) is 6.07 Å². The monoisotopic (exact) mass is 599 g/mol. The molecular weight excluding hydrogens is 571 g/mol. The number of carbonyl (C=O) groups excluding carboxylic acids is 2. The van der Waals surface area contributed by atoms with Gasteiger partial charge in [-0.05, 0) is 64.9 Å². The van der Waals surface area contributed by atoms with Crippen molar-refractivity contribution < 1.29 is 23.1 Å². The summed E-state index contributed by atoms with van der Waals surface area (Å²) >= 11 is 12.6. The van der Waals surface area contributed by atoms with Crippen LogP contribution in [-0.4, -0.2) is 29.0 Å². The molecule has 1 aliphatic rings. The molecule has 2 amide bonds. The van der Waals surface area contributed by atoms with Crippen LogP contribution in [0.5, 0.6) is 0 Å². The highest BCUT2D eigenvalue weighted by Gasteiger charge is 2.65. The fraction of sp³-hybridized carbons (Fsp3) is 0.323. The molecule has 0 bridgehead atoms. The zero-order chi connectivity index (χ0) is 30.1. The third-order valence-electron chi connectivity index (χ3n) is 7.35. The zero-order valence-corrected chi connectivity index (χ0v) is 24.2. The highest BCUT2D eigenvalue weighted by Crippen LogP contribution is 2.55. The zero-order valence-electron chi connectivity index (χ0n) is 22.7. The molecule has 0 unspecified atom stereocenters. The van der Waals surface area contributed by atoms with E-state index in [4.69, 9.17) is 33.7 Å². The quantitative estimate of drug-likeness (QED) is 0.305. The Hall–Kier alpha value is -3.67. The summed E-state index contributed by atoms with van der Waals surface area (Å²) in [4.78, 5) is 28.4. The number of halogens is 4. The summed E-state index contributed by atoms with van der Waals surface area (Å²) in [6.07, 6.45) is 0.302. The first-order valence-corrected chi connectivity index (χ1v) is 13.6. The van der Waals surface area contributed by atoms with Crippen LogP contribution in [0.1, 0.15) is 49.8 Å². The van der Waals surface area contributed by atoms with Gasteiger partial charge in [0.15, 0.2) is 11.6 Å². The van der Waals surface area contributed by atoms with E-state index in [-0.39, 0.29) is 5.56 Å². The highest BCUT2D eigenvalue weighted by molar-refractivity contribution is 6.30. The highest BCUT2D eigenvalue weighted by atomic mass is 35.5. The van der Waals surface area contributed by atoms with E-state index in [1.165, 1.54) is 11.0 Å². The minimum absolute atomic E-state index is 0.204. The standard InChI is InChI=1S/C31H29Cl2F2N3O3/c1-30(2,3)15-25-31(17-36,20-8-10-21(32)11-9-20)26(19-5-4-6-22(33)14-19)27(38(25)29(37)40)28(39)41-16-18-7-12-23(34)24(35)13-18/h4-14,25-27H,15-16H2,1-3H3,(H2,37,40)/t25-,26-,27+,31-/m0/s1. The van der Waals surface area contributed by atoms with Gasteiger partial charge in [0.25, 0.3) is 0 Å². The van der Waals surface area contributed by atoms with Crippen LogP contribution < -0.4 is 5.73 Å². The molecule has 0 aliphatic carbocycles. The minimum atomic E-state index is -1.48. The van der Waals surface area contributed by atoms with Crippen molar-refractivity contribution >= 4 is 35.2 Å². The molecule has 10 heteroatoms. The van der Waals surface area contributed by atoms with E-state index in [1.54, 1.807) is 48.5 Å². The number of nitriles is 1. The lowest BCUT2D eigenvalue weighted by molar-refractivity contribution is -0.150. The van der Waals surface area contributed by atoms with Crippen LogP contribution in [0.2, 0.25) is 10.0 Å². The van der Waals surface area contributed by atoms with Gasteiger partial charge in [-0.2, -0.15) is 5.26 Å². The van der Waals surface area contributed by atoms with Gasteiger partial charge in [-0.1, -0.05) is 74.3 Å². The summed E-state index contributed by atoms with van der Waals surface area (Å²) in [5.74, 6) is -3.96. The minimum Gasteiger partial charge on any atom is -0.459 e. The molecule has 1 aliphatic heterocycles. The molecule has 214 valence electrons. The number of carbonyl (C=O) groups is 2. The molecule has 1 fully saturated rings. The Morgan fingerprint density at radius 2 is 1.71 bits per heavy atom. The van der Waals surface area contributed by atoms with Gasteiger partial charge in [-0.3, -0.25) is 0 Å². The number of urea groups is 1. The molecule has 4 rings (SSSR count). The molecule has 0 radical (unpaired) electrons. The van der Waals surface area contributed by atoms with E-state index in [0.717, 1.165) is 12.1 Å². The molecule has 0 saturated carbocycles. The lowest BCUT2D eigenvalue weighted by Crippen LogP contribution is -2.52. The number of esters is 1. The van der Waals surface area contributed by atoms with Crippen LogP contribution in [0.15, 0.2) is 66.7 Å². The normalized spacial score (nSPS) is 22.3. The van der Waals surface area contributed by atoms with Crippen molar-refractivity contribution in [2.45, 2.75) is 57.2 Å². The van der Waals surface area contributed by atoms with Crippen LogP contribution in [0, 0.1) is 28.4 Å². The molecule has 3 aromatic rings. The second-order valence-corrected chi connectivity index (χ2v) is 12.2. The maximum Gasteiger partial charge on any atom is 0.329 e. The summed E-state index contributed by atoms with van der Waals surface area (Å²) in [5, 5.41) is 11.9. The summed E-state index contributed by atoms with van der Waals surface area (Å²) in [6.45, 7) is 5.48. The van der Waals surface area contributed by atoms with Gasteiger partial charge in [0.2, 0.25) is 0 Å². The molecule has 0 aromatic heterocycles. The van der Waals surface area contributed by atoms with Gasteiger partial charge in [0, 0.05) is 16.0 Å². The third-order valence-corrected chi connectivity index (χ3v) is 7.84. The number of ether oxygens (including phenoxy) is 1. The molecule has 41 heavy (non-hydrogen) atoms. The van der Waals surface area contributed by atoms with Crippen LogP contribution in [0.4, 0.5) is 13.6 Å². The molecule has 2 N–H and O–H groups in total. The smallest absolute Gasteiger partial charge is 0.329 e. The Labute approximate surface area is 247 Å². The van der Waals surface area contributed by atoms with Crippen LogP contribution in [0.3, 0.4) is 0 Å². The number of likely N-dealkylation sites (tertiary alicyclic amines) is 1. The van der Waals surface area contributed by atoms with Gasteiger partial charge in [0.1, 0.15) is 18.1 Å². The first kappa shape index (κ1) is 30.3. The maximum atomic E-state index is 14.0. The van der Waals surface area contributed by atoms with Crippen molar-refractivity contribution in [2.24, 2.45) is 11.1 Å². The number of amides is 2. The molecule has 3 aromatic carbocycles.